The van der Waals surface area contributed by atoms with Crippen molar-refractivity contribution in [2.75, 3.05) is 0 Å². The lowest BCUT2D eigenvalue weighted by molar-refractivity contribution is -0.144. The Bertz CT molecular complexity index is 245. The van der Waals surface area contributed by atoms with Crippen molar-refractivity contribution in [1.29, 1.82) is 0 Å². The van der Waals surface area contributed by atoms with Crippen LogP contribution in [0.25, 0.3) is 0 Å². The van der Waals surface area contributed by atoms with E-state index < -0.39 is 0 Å². The molecule has 0 aromatic heterocycles. The zero-order valence-electron chi connectivity index (χ0n) is 9.99. The highest BCUT2D eigenvalue weighted by Gasteiger charge is 2.17. The third-order valence-electron chi connectivity index (χ3n) is 3.74. The molecule has 0 unspecified atom stereocenters. The van der Waals surface area contributed by atoms with Crippen LogP contribution in [0.3, 0.4) is 0 Å². The maximum atomic E-state index is 11.6. The standard InChI is InChI=1S/C14H22O2/c15-14(11-10-12-6-4-5-7-12)16-13-8-2-1-3-9-13/h10-13H,1-9H2/b11-10+. The molecule has 2 aliphatic carbocycles. The van der Waals surface area contributed by atoms with E-state index in [4.69, 9.17) is 4.74 Å². The molecule has 2 rings (SSSR count). The molecule has 0 heterocycles. The van der Waals surface area contributed by atoms with Gasteiger partial charge in [0.25, 0.3) is 0 Å². The Kier molecular flexibility index (Phi) is 4.44. The maximum absolute atomic E-state index is 11.6. The third-order valence-corrected chi connectivity index (χ3v) is 3.74. The number of esters is 1. The Morgan fingerprint density at radius 2 is 1.56 bits per heavy atom. The van der Waals surface area contributed by atoms with Gasteiger partial charge in [0.05, 0.1) is 0 Å². The first kappa shape index (κ1) is 11.7. The van der Waals surface area contributed by atoms with E-state index in [9.17, 15) is 4.79 Å². The Balaban J connectivity index is 1.70. The van der Waals surface area contributed by atoms with Crippen LogP contribution in [0.5, 0.6) is 0 Å². The number of ether oxygens (including phenoxy) is 1. The summed E-state index contributed by atoms with van der Waals surface area (Å²) in [5, 5.41) is 0. The van der Waals surface area contributed by atoms with Crippen LogP contribution in [0, 0.1) is 5.92 Å². The highest BCUT2D eigenvalue weighted by Crippen LogP contribution is 2.26. The number of allylic oxidation sites excluding steroid dienone is 1. The molecule has 2 nitrogen and oxygen atoms in total. The van der Waals surface area contributed by atoms with Crippen LogP contribution >= 0.6 is 0 Å². The fourth-order valence-electron chi connectivity index (χ4n) is 2.75. The number of rotatable bonds is 3. The van der Waals surface area contributed by atoms with Gasteiger partial charge in [-0.05, 0) is 44.4 Å². The van der Waals surface area contributed by atoms with Gasteiger partial charge < -0.3 is 4.74 Å². The Morgan fingerprint density at radius 1 is 0.938 bits per heavy atom. The van der Waals surface area contributed by atoms with Crippen molar-refractivity contribution in [1.82, 2.24) is 0 Å². The molecule has 16 heavy (non-hydrogen) atoms. The summed E-state index contributed by atoms with van der Waals surface area (Å²) in [4.78, 5) is 11.6. The summed E-state index contributed by atoms with van der Waals surface area (Å²) in [6.07, 6.45) is 14.9. The van der Waals surface area contributed by atoms with Crippen LogP contribution < -0.4 is 0 Å². The lowest BCUT2D eigenvalue weighted by Gasteiger charge is -2.21. The predicted octanol–water partition coefficient (Wildman–Crippen LogP) is 3.61. The molecular weight excluding hydrogens is 200 g/mol. The highest BCUT2D eigenvalue weighted by molar-refractivity contribution is 5.82. The monoisotopic (exact) mass is 222 g/mol. The van der Waals surface area contributed by atoms with Crippen LogP contribution in [-0.4, -0.2) is 12.1 Å². The number of hydrogen-bond donors (Lipinski definition) is 0. The van der Waals surface area contributed by atoms with E-state index in [-0.39, 0.29) is 12.1 Å². The largest absolute Gasteiger partial charge is 0.459 e. The van der Waals surface area contributed by atoms with Crippen LogP contribution in [0.1, 0.15) is 57.8 Å². The summed E-state index contributed by atoms with van der Waals surface area (Å²) in [5.41, 5.74) is 0. The van der Waals surface area contributed by atoms with Crippen LogP contribution in [0.15, 0.2) is 12.2 Å². The second-order valence-electron chi connectivity index (χ2n) is 5.10. The molecule has 0 saturated heterocycles. The molecule has 0 aliphatic heterocycles. The second kappa shape index (κ2) is 6.07. The van der Waals surface area contributed by atoms with Crippen molar-refractivity contribution in [3.05, 3.63) is 12.2 Å². The molecule has 90 valence electrons. The molecule has 2 aliphatic rings. The van der Waals surface area contributed by atoms with Gasteiger partial charge in [-0.25, -0.2) is 4.79 Å². The summed E-state index contributed by atoms with van der Waals surface area (Å²) < 4.78 is 5.43. The summed E-state index contributed by atoms with van der Waals surface area (Å²) >= 11 is 0. The van der Waals surface area contributed by atoms with Crippen LogP contribution in [0.4, 0.5) is 0 Å². The molecule has 2 heteroatoms. The van der Waals surface area contributed by atoms with Gasteiger partial charge in [0.2, 0.25) is 0 Å². The average Bonchev–Trinajstić information content (AvgIpc) is 2.81. The van der Waals surface area contributed by atoms with Crippen LogP contribution in [0.2, 0.25) is 0 Å². The molecule has 0 aromatic carbocycles. The zero-order valence-corrected chi connectivity index (χ0v) is 9.99. The van der Waals surface area contributed by atoms with E-state index >= 15 is 0 Å². The minimum absolute atomic E-state index is 0.126. The zero-order chi connectivity index (χ0) is 11.2. The first-order valence-corrected chi connectivity index (χ1v) is 6.73. The molecule has 0 N–H and O–H groups in total. The molecular formula is C14H22O2. The maximum Gasteiger partial charge on any atom is 0.330 e. The quantitative estimate of drug-likeness (QED) is 0.538. The molecule has 0 radical (unpaired) electrons. The van der Waals surface area contributed by atoms with E-state index in [0.29, 0.717) is 5.92 Å². The summed E-state index contributed by atoms with van der Waals surface area (Å²) in [5.74, 6) is 0.498. The van der Waals surface area contributed by atoms with Gasteiger partial charge >= 0.3 is 5.97 Å². The summed E-state index contributed by atoms with van der Waals surface area (Å²) in [6, 6.07) is 0. The predicted molar refractivity (Wildman–Crippen MR) is 64.1 cm³/mol. The second-order valence-corrected chi connectivity index (χ2v) is 5.10. The van der Waals surface area contributed by atoms with Gasteiger partial charge in [-0.3, -0.25) is 0 Å². The lowest BCUT2D eigenvalue weighted by atomic mass is 9.98. The molecule has 2 saturated carbocycles. The highest BCUT2D eigenvalue weighted by atomic mass is 16.5. The van der Waals surface area contributed by atoms with Gasteiger partial charge in [-0.1, -0.05) is 25.3 Å². The normalized spacial score (nSPS) is 24.0. The van der Waals surface area contributed by atoms with Gasteiger partial charge in [0.15, 0.2) is 0 Å². The number of hydrogen-bond acceptors (Lipinski definition) is 2. The minimum Gasteiger partial charge on any atom is -0.459 e. The van der Waals surface area contributed by atoms with Crippen molar-refractivity contribution in [2.45, 2.75) is 63.9 Å². The molecule has 0 bridgehead atoms. The van der Waals surface area contributed by atoms with Gasteiger partial charge in [0, 0.05) is 6.08 Å². The first-order valence-electron chi connectivity index (χ1n) is 6.73. The van der Waals surface area contributed by atoms with Crippen LogP contribution in [-0.2, 0) is 9.53 Å². The fourth-order valence-corrected chi connectivity index (χ4v) is 2.75. The van der Waals surface area contributed by atoms with E-state index in [0.717, 1.165) is 12.8 Å². The van der Waals surface area contributed by atoms with Gasteiger partial charge in [-0.15, -0.1) is 0 Å². The minimum atomic E-state index is -0.126. The van der Waals surface area contributed by atoms with Crippen molar-refractivity contribution in [3.8, 4) is 0 Å². The van der Waals surface area contributed by atoms with Gasteiger partial charge in [0.1, 0.15) is 6.10 Å². The summed E-state index contributed by atoms with van der Waals surface area (Å²) in [6.45, 7) is 0. The molecule has 0 amide bonds. The molecule has 0 spiro atoms. The van der Waals surface area contributed by atoms with E-state index in [2.05, 4.69) is 6.08 Å². The van der Waals surface area contributed by atoms with E-state index in [1.807, 2.05) is 0 Å². The SMILES string of the molecule is O=C(/C=C/C1CCCC1)OC1CCCCC1. The van der Waals surface area contributed by atoms with Crippen molar-refractivity contribution >= 4 is 5.97 Å². The van der Waals surface area contributed by atoms with Crippen molar-refractivity contribution in [2.24, 2.45) is 5.92 Å². The van der Waals surface area contributed by atoms with E-state index in [1.54, 1.807) is 6.08 Å². The lowest BCUT2D eigenvalue weighted by Crippen LogP contribution is -2.19. The third kappa shape index (κ3) is 3.66. The Morgan fingerprint density at radius 3 is 2.25 bits per heavy atom. The van der Waals surface area contributed by atoms with Gasteiger partial charge in [-0.2, -0.15) is 0 Å². The number of carbonyl (C=O) groups excluding carboxylic acids is 1. The Labute approximate surface area is 98.1 Å². The van der Waals surface area contributed by atoms with E-state index in [1.165, 1.54) is 44.9 Å². The average molecular weight is 222 g/mol. The Hall–Kier alpha value is -0.790. The molecule has 0 aromatic rings. The molecule has 0 atom stereocenters. The first-order chi connectivity index (χ1) is 7.84. The smallest absolute Gasteiger partial charge is 0.330 e. The van der Waals surface area contributed by atoms with Crippen molar-refractivity contribution in [3.63, 3.8) is 0 Å². The molecule has 2 fully saturated rings. The fraction of sp³-hybridized carbons (Fsp3) is 0.786. The van der Waals surface area contributed by atoms with Crippen molar-refractivity contribution < 1.29 is 9.53 Å². The topological polar surface area (TPSA) is 26.3 Å². The number of carbonyl (C=O) groups is 1. The summed E-state index contributed by atoms with van der Waals surface area (Å²) in [7, 11) is 0.